The molecule has 4 nitrogen and oxygen atoms in total. The van der Waals surface area contributed by atoms with Crippen LogP contribution in [0.25, 0.3) is 0 Å². The Kier molecular flexibility index (Phi) is 4.57. The average molecular weight is 274 g/mol. The van der Waals surface area contributed by atoms with Crippen LogP contribution in [-0.4, -0.2) is 28.8 Å². The fraction of sp³-hybridized carbons (Fsp3) is 0.438. The van der Waals surface area contributed by atoms with Crippen molar-refractivity contribution in [2.45, 2.75) is 33.4 Å². The minimum atomic E-state index is -0.494. The molecule has 4 heteroatoms. The topological polar surface area (TPSA) is 49.5 Å². The maximum atomic E-state index is 10.3. The Morgan fingerprint density at radius 3 is 2.35 bits per heavy atom. The van der Waals surface area contributed by atoms with E-state index in [1.165, 1.54) is 11.1 Å². The summed E-state index contributed by atoms with van der Waals surface area (Å²) < 4.78 is 5.05. The molecular weight excluding hydrogens is 252 g/mol. The van der Waals surface area contributed by atoms with Crippen LogP contribution in [0, 0.1) is 20.8 Å². The van der Waals surface area contributed by atoms with E-state index in [9.17, 15) is 5.11 Å². The van der Waals surface area contributed by atoms with E-state index in [1.807, 2.05) is 50.9 Å². The third kappa shape index (κ3) is 3.92. The molecule has 1 aromatic carbocycles. The summed E-state index contributed by atoms with van der Waals surface area (Å²) in [7, 11) is 1.97. The SMILES string of the molecule is Cc1cc(C)cc(C(O)CN(C)Cc2cc(C)on2)c1. The van der Waals surface area contributed by atoms with E-state index >= 15 is 0 Å². The molecule has 0 spiro atoms. The summed E-state index contributed by atoms with van der Waals surface area (Å²) >= 11 is 0. The van der Waals surface area contributed by atoms with Crippen LogP contribution in [0.15, 0.2) is 28.8 Å². The van der Waals surface area contributed by atoms with Gasteiger partial charge < -0.3 is 9.63 Å². The number of aryl methyl sites for hydroxylation is 3. The molecule has 1 N–H and O–H groups in total. The van der Waals surface area contributed by atoms with Gasteiger partial charge in [-0.1, -0.05) is 34.5 Å². The first-order valence-electron chi connectivity index (χ1n) is 6.81. The lowest BCUT2D eigenvalue weighted by Gasteiger charge is -2.20. The summed E-state index contributed by atoms with van der Waals surface area (Å²) in [5.74, 6) is 0.809. The van der Waals surface area contributed by atoms with Gasteiger partial charge >= 0.3 is 0 Å². The van der Waals surface area contributed by atoms with Crippen LogP contribution >= 0.6 is 0 Å². The Morgan fingerprint density at radius 2 is 1.80 bits per heavy atom. The molecule has 0 saturated carbocycles. The van der Waals surface area contributed by atoms with E-state index < -0.39 is 6.10 Å². The molecule has 0 saturated heterocycles. The van der Waals surface area contributed by atoms with Crippen LogP contribution in [-0.2, 0) is 6.54 Å². The van der Waals surface area contributed by atoms with E-state index in [1.54, 1.807) is 0 Å². The number of likely N-dealkylation sites (N-methyl/N-ethyl adjacent to an activating group) is 1. The van der Waals surface area contributed by atoms with Crippen molar-refractivity contribution in [3.8, 4) is 0 Å². The van der Waals surface area contributed by atoms with Gasteiger partial charge in [-0.05, 0) is 33.4 Å². The van der Waals surface area contributed by atoms with E-state index in [2.05, 4.69) is 11.2 Å². The van der Waals surface area contributed by atoms with Crippen molar-refractivity contribution < 1.29 is 9.63 Å². The normalized spacial score (nSPS) is 12.9. The molecule has 1 atom stereocenters. The number of aliphatic hydroxyl groups excluding tert-OH is 1. The standard InChI is InChI=1S/C16H22N2O2/c1-11-5-12(2)7-14(6-11)16(19)10-18(4)9-15-8-13(3)20-17-15/h5-8,16,19H,9-10H2,1-4H3. The van der Waals surface area contributed by atoms with Crippen LogP contribution in [0.1, 0.15) is 34.2 Å². The molecule has 0 aliphatic rings. The van der Waals surface area contributed by atoms with Crippen LogP contribution in [0.5, 0.6) is 0 Å². The summed E-state index contributed by atoms with van der Waals surface area (Å²) in [6.07, 6.45) is -0.494. The molecule has 1 aromatic heterocycles. The lowest BCUT2D eigenvalue weighted by molar-refractivity contribution is 0.122. The van der Waals surface area contributed by atoms with Crippen molar-refractivity contribution in [2.24, 2.45) is 0 Å². The summed E-state index contributed by atoms with van der Waals surface area (Å²) in [6.45, 7) is 7.20. The highest BCUT2D eigenvalue weighted by atomic mass is 16.5. The van der Waals surface area contributed by atoms with E-state index in [-0.39, 0.29) is 0 Å². The molecule has 1 heterocycles. The highest BCUT2D eigenvalue weighted by molar-refractivity contribution is 5.30. The molecular formula is C16H22N2O2. The number of aromatic nitrogens is 1. The Labute approximate surface area is 120 Å². The quantitative estimate of drug-likeness (QED) is 0.911. The van der Waals surface area contributed by atoms with Gasteiger partial charge in [0.25, 0.3) is 0 Å². The second-order valence-electron chi connectivity index (χ2n) is 5.56. The van der Waals surface area contributed by atoms with Crippen LogP contribution in [0.4, 0.5) is 0 Å². The van der Waals surface area contributed by atoms with Gasteiger partial charge in [-0.2, -0.15) is 0 Å². The third-order valence-electron chi connectivity index (χ3n) is 3.22. The Morgan fingerprint density at radius 1 is 1.15 bits per heavy atom. The number of rotatable bonds is 5. The second kappa shape index (κ2) is 6.20. The first kappa shape index (κ1) is 14.8. The molecule has 0 aliphatic heterocycles. The lowest BCUT2D eigenvalue weighted by atomic mass is 10.0. The highest BCUT2D eigenvalue weighted by Gasteiger charge is 2.13. The number of hydrogen-bond donors (Lipinski definition) is 1. The number of aliphatic hydroxyl groups is 1. The molecule has 0 bridgehead atoms. The van der Waals surface area contributed by atoms with Gasteiger partial charge in [0, 0.05) is 19.2 Å². The molecule has 0 fully saturated rings. The van der Waals surface area contributed by atoms with Crippen molar-refractivity contribution in [1.29, 1.82) is 0 Å². The first-order chi connectivity index (χ1) is 9.44. The summed E-state index contributed by atoms with van der Waals surface area (Å²) in [4.78, 5) is 2.04. The van der Waals surface area contributed by atoms with E-state index in [4.69, 9.17) is 4.52 Å². The van der Waals surface area contributed by atoms with Crippen molar-refractivity contribution in [2.75, 3.05) is 13.6 Å². The molecule has 20 heavy (non-hydrogen) atoms. The average Bonchev–Trinajstić information content (AvgIpc) is 2.73. The van der Waals surface area contributed by atoms with Gasteiger partial charge in [-0.3, -0.25) is 4.90 Å². The third-order valence-corrected chi connectivity index (χ3v) is 3.22. The van der Waals surface area contributed by atoms with E-state index in [0.29, 0.717) is 13.1 Å². The summed E-state index contributed by atoms with van der Waals surface area (Å²) in [5.41, 5.74) is 4.20. The number of nitrogens with zero attached hydrogens (tertiary/aromatic N) is 2. The minimum Gasteiger partial charge on any atom is -0.387 e. The smallest absolute Gasteiger partial charge is 0.133 e. The fourth-order valence-electron chi connectivity index (χ4n) is 2.44. The lowest BCUT2D eigenvalue weighted by Crippen LogP contribution is -2.24. The van der Waals surface area contributed by atoms with Gasteiger partial charge in [-0.25, -0.2) is 0 Å². The zero-order valence-electron chi connectivity index (χ0n) is 12.6. The largest absolute Gasteiger partial charge is 0.387 e. The second-order valence-corrected chi connectivity index (χ2v) is 5.56. The molecule has 0 aliphatic carbocycles. The van der Waals surface area contributed by atoms with Crippen LogP contribution < -0.4 is 0 Å². The van der Waals surface area contributed by atoms with Crippen molar-refractivity contribution in [3.63, 3.8) is 0 Å². The molecule has 0 radical (unpaired) electrons. The Hall–Kier alpha value is -1.65. The Bertz CT molecular complexity index is 557. The van der Waals surface area contributed by atoms with Gasteiger partial charge in [0.15, 0.2) is 0 Å². The molecule has 108 valence electrons. The van der Waals surface area contributed by atoms with Gasteiger partial charge in [0.05, 0.1) is 11.8 Å². The van der Waals surface area contributed by atoms with Gasteiger partial charge in [-0.15, -0.1) is 0 Å². The number of benzene rings is 1. The zero-order chi connectivity index (χ0) is 14.7. The summed E-state index contributed by atoms with van der Waals surface area (Å²) in [5, 5.41) is 14.3. The van der Waals surface area contributed by atoms with Crippen LogP contribution in [0.3, 0.4) is 0 Å². The predicted molar refractivity (Wildman–Crippen MR) is 78.4 cm³/mol. The first-order valence-corrected chi connectivity index (χ1v) is 6.81. The number of hydrogen-bond acceptors (Lipinski definition) is 4. The summed E-state index contributed by atoms with van der Waals surface area (Å²) in [6, 6.07) is 8.09. The minimum absolute atomic E-state index is 0.494. The molecule has 2 rings (SSSR count). The molecule has 1 unspecified atom stereocenters. The monoisotopic (exact) mass is 274 g/mol. The van der Waals surface area contributed by atoms with Crippen molar-refractivity contribution in [3.05, 3.63) is 52.4 Å². The maximum Gasteiger partial charge on any atom is 0.133 e. The molecule has 0 amide bonds. The molecule has 2 aromatic rings. The van der Waals surface area contributed by atoms with E-state index in [0.717, 1.165) is 17.0 Å². The highest BCUT2D eigenvalue weighted by Crippen LogP contribution is 2.18. The Balaban J connectivity index is 1.97. The van der Waals surface area contributed by atoms with Crippen molar-refractivity contribution in [1.82, 2.24) is 10.1 Å². The zero-order valence-corrected chi connectivity index (χ0v) is 12.6. The fourth-order valence-corrected chi connectivity index (χ4v) is 2.44. The van der Waals surface area contributed by atoms with Crippen molar-refractivity contribution >= 4 is 0 Å². The predicted octanol–water partition coefficient (Wildman–Crippen LogP) is 2.77. The maximum absolute atomic E-state index is 10.3. The van der Waals surface area contributed by atoms with Crippen LogP contribution in [0.2, 0.25) is 0 Å². The van der Waals surface area contributed by atoms with Gasteiger partial charge in [0.1, 0.15) is 5.76 Å². The van der Waals surface area contributed by atoms with Gasteiger partial charge in [0.2, 0.25) is 0 Å².